The van der Waals surface area contributed by atoms with E-state index in [4.69, 9.17) is 0 Å². The Labute approximate surface area is 137 Å². The highest BCUT2D eigenvalue weighted by molar-refractivity contribution is 8.23. The lowest BCUT2D eigenvalue weighted by atomic mass is 10.0. The van der Waals surface area contributed by atoms with E-state index in [0.717, 1.165) is 0 Å². The fourth-order valence-corrected chi connectivity index (χ4v) is 2.06. The molecule has 0 fully saturated rings. The van der Waals surface area contributed by atoms with Crippen LogP contribution in [0.1, 0.15) is 19.8 Å². The van der Waals surface area contributed by atoms with Crippen molar-refractivity contribution < 1.29 is 53.0 Å². The highest BCUT2D eigenvalue weighted by Crippen LogP contribution is 2.59. The molecule has 0 saturated carbocycles. The number of ether oxygens (including phenoxy) is 1. The maximum Gasteiger partial charge on any atom is 0.460 e. The lowest BCUT2D eigenvalue weighted by Crippen LogP contribution is -2.65. The van der Waals surface area contributed by atoms with E-state index in [9.17, 15) is 48.3 Å². The number of hydrogen-bond donors (Lipinski definition) is 0. The van der Waals surface area contributed by atoms with Crippen molar-refractivity contribution in [3.8, 4) is 0 Å². The SMILES string of the molecule is CCCCOC(=S)SC(F)(F)C(F)(F)C(F)(F)C(F)(F)C(F)(F)F. The number of rotatable bonds is 7. The standard InChI is InChI=1S/C10H9F11OS2/c1-2-3-4-22-5(23)24-10(20,21)8(15,16)6(11,12)7(13,14)9(17,18)19/h2-4H2,1H3. The van der Waals surface area contributed by atoms with Crippen LogP contribution in [0.15, 0.2) is 0 Å². The molecule has 0 aromatic heterocycles. The van der Waals surface area contributed by atoms with Crippen molar-refractivity contribution >= 4 is 28.4 Å². The second kappa shape index (κ2) is 7.38. The minimum atomic E-state index is -7.44. The van der Waals surface area contributed by atoms with Crippen LogP contribution in [0, 0.1) is 0 Å². The monoisotopic (exact) mass is 418 g/mol. The summed E-state index contributed by atoms with van der Waals surface area (Å²) in [7, 11) is 0. The van der Waals surface area contributed by atoms with Crippen molar-refractivity contribution in [2.75, 3.05) is 6.61 Å². The van der Waals surface area contributed by atoms with E-state index in [2.05, 4.69) is 17.0 Å². The molecule has 0 amide bonds. The van der Waals surface area contributed by atoms with Crippen molar-refractivity contribution in [1.29, 1.82) is 0 Å². The van der Waals surface area contributed by atoms with Crippen LogP contribution in [0.4, 0.5) is 48.3 Å². The fourth-order valence-electron chi connectivity index (χ4n) is 1.06. The molecule has 0 bridgehead atoms. The Morgan fingerprint density at radius 3 is 1.67 bits per heavy atom. The van der Waals surface area contributed by atoms with Gasteiger partial charge < -0.3 is 4.74 Å². The topological polar surface area (TPSA) is 9.23 Å². The van der Waals surface area contributed by atoms with Gasteiger partial charge >= 0.3 is 29.2 Å². The van der Waals surface area contributed by atoms with E-state index >= 15 is 0 Å². The van der Waals surface area contributed by atoms with E-state index in [1.54, 1.807) is 6.92 Å². The van der Waals surface area contributed by atoms with Gasteiger partial charge in [0.2, 0.25) is 4.38 Å². The van der Waals surface area contributed by atoms with Crippen molar-refractivity contribution in [2.45, 2.75) is 49.0 Å². The molecule has 0 aliphatic carbocycles. The Balaban J connectivity index is 5.49. The minimum absolute atomic E-state index is 0.213. The van der Waals surface area contributed by atoms with E-state index in [1.807, 2.05) is 0 Å². The van der Waals surface area contributed by atoms with Crippen molar-refractivity contribution in [1.82, 2.24) is 0 Å². The molecule has 24 heavy (non-hydrogen) atoms. The molecule has 0 heterocycles. The lowest BCUT2D eigenvalue weighted by Gasteiger charge is -2.36. The van der Waals surface area contributed by atoms with Crippen LogP contribution >= 0.6 is 24.0 Å². The van der Waals surface area contributed by atoms with E-state index < -0.39 is 45.3 Å². The van der Waals surface area contributed by atoms with Crippen LogP contribution in [0.2, 0.25) is 0 Å². The molecule has 0 spiro atoms. The highest BCUT2D eigenvalue weighted by atomic mass is 32.2. The summed E-state index contributed by atoms with van der Waals surface area (Å²) >= 11 is 2.50. The maximum absolute atomic E-state index is 13.2. The molecular formula is C10H9F11OS2. The zero-order chi connectivity index (χ0) is 19.6. The summed E-state index contributed by atoms with van der Waals surface area (Å²) in [6.45, 7) is 1.25. The summed E-state index contributed by atoms with van der Waals surface area (Å²) < 4.78 is 142. The summed E-state index contributed by atoms with van der Waals surface area (Å²) in [5.41, 5.74) is 0. The molecule has 0 radical (unpaired) electrons. The number of alkyl halides is 11. The average Bonchev–Trinajstić information content (AvgIpc) is 2.36. The maximum atomic E-state index is 13.2. The van der Waals surface area contributed by atoms with Gasteiger partial charge in [0.15, 0.2) is 0 Å². The number of hydrogen-bond acceptors (Lipinski definition) is 3. The van der Waals surface area contributed by atoms with Crippen LogP contribution in [0.3, 0.4) is 0 Å². The summed E-state index contributed by atoms with van der Waals surface area (Å²) in [4.78, 5) is 0. The third kappa shape index (κ3) is 4.35. The quantitative estimate of drug-likeness (QED) is 0.290. The Hall–Kier alpha value is -0.530. The molecule has 14 heteroatoms. The number of thioether (sulfide) groups is 1. The molecule has 144 valence electrons. The lowest BCUT2D eigenvalue weighted by molar-refractivity contribution is -0.412. The van der Waals surface area contributed by atoms with Gasteiger partial charge in [-0.25, -0.2) is 0 Å². The van der Waals surface area contributed by atoms with Gasteiger partial charge in [0.1, 0.15) is 0 Å². The van der Waals surface area contributed by atoms with Gasteiger partial charge in [-0.15, -0.1) is 0 Å². The molecule has 1 nitrogen and oxygen atoms in total. The number of unbranched alkanes of at least 4 members (excludes halogenated alkanes) is 1. The van der Waals surface area contributed by atoms with Gasteiger partial charge in [-0.3, -0.25) is 0 Å². The van der Waals surface area contributed by atoms with Gasteiger partial charge in [0.05, 0.1) is 6.61 Å². The zero-order valence-electron chi connectivity index (χ0n) is 11.5. The van der Waals surface area contributed by atoms with Gasteiger partial charge in [-0.2, -0.15) is 48.3 Å². The summed E-state index contributed by atoms with van der Waals surface area (Å²) in [5.74, 6) is -21.9. The molecule has 0 aromatic rings. The average molecular weight is 418 g/mol. The molecule has 0 saturated heterocycles. The molecule has 0 N–H and O–H groups in total. The molecular weight excluding hydrogens is 409 g/mol. The number of halogens is 11. The van der Waals surface area contributed by atoms with Crippen LogP contribution < -0.4 is 0 Å². The first-order chi connectivity index (χ1) is 10.5. The van der Waals surface area contributed by atoms with Crippen molar-refractivity contribution in [2.24, 2.45) is 0 Å². The van der Waals surface area contributed by atoms with Gasteiger partial charge in [-0.1, -0.05) is 13.3 Å². The van der Waals surface area contributed by atoms with Crippen LogP contribution in [0.5, 0.6) is 0 Å². The second-order valence-electron chi connectivity index (χ2n) is 4.29. The second-order valence-corrected chi connectivity index (χ2v) is 6.01. The van der Waals surface area contributed by atoms with Crippen molar-refractivity contribution in [3.63, 3.8) is 0 Å². The molecule has 0 unspecified atom stereocenters. The minimum Gasteiger partial charge on any atom is -0.478 e. The normalized spacial score (nSPS) is 14.7. The predicted octanol–water partition coefficient (Wildman–Crippen LogP) is 5.88. The molecule has 0 aromatic carbocycles. The molecule has 0 rings (SSSR count). The van der Waals surface area contributed by atoms with Crippen LogP contribution in [0.25, 0.3) is 0 Å². The molecule has 0 atom stereocenters. The van der Waals surface area contributed by atoms with Crippen molar-refractivity contribution in [3.05, 3.63) is 0 Å². The molecule has 0 aliphatic heterocycles. The van der Waals surface area contributed by atoms with Crippen LogP contribution in [-0.2, 0) is 4.74 Å². The predicted molar refractivity (Wildman–Crippen MR) is 66.9 cm³/mol. The Bertz CT molecular complexity index is 447. The first kappa shape index (κ1) is 23.5. The van der Waals surface area contributed by atoms with E-state index in [-0.39, 0.29) is 13.0 Å². The molecule has 0 aliphatic rings. The van der Waals surface area contributed by atoms with Gasteiger partial charge in [-0.05, 0) is 18.6 Å². The van der Waals surface area contributed by atoms with Crippen LogP contribution in [-0.4, -0.2) is 40.2 Å². The third-order valence-electron chi connectivity index (χ3n) is 2.44. The van der Waals surface area contributed by atoms with Gasteiger partial charge in [0.25, 0.3) is 0 Å². The first-order valence-corrected chi connectivity index (χ1v) is 7.12. The largest absolute Gasteiger partial charge is 0.478 e. The smallest absolute Gasteiger partial charge is 0.460 e. The Morgan fingerprint density at radius 2 is 1.29 bits per heavy atom. The summed E-state index contributed by atoms with van der Waals surface area (Å²) in [6, 6.07) is 0. The number of thiocarbonyl (C=S) groups is 1. The van der Waals surface area contributed by atoms with E-state index in [0.29, 0.717) is 6.42 Å². The fraction of sp³-hybridized carbons (Fsp3) is 0.900. The first-order valence-electron chi connectivity index (χ1n) is 5.89. The summed E-state index contributed by atoms with van der Waals surface area (Å²) in [6.07, 6.45) is -6.51. The Morgan fingerprint density at radius 1 is 0.833 bits per heavy atom. The highest BCUT2D eigenvalue weighted by Gasteiger charge is 2.87. The summed E-state index contributed by atoms with van der Waals surface area (Å²) in [5, 5.41) is -6.09. The third-order valence-corrected chi connectivity index (χ3v) is 3.60. The van der Waals surface area contributed by atoms with Gasteiger partial charge in [0, 0.05) is 11.8 Å². The zero-order valence-corrected chi connectivity index (χ0v) is 13.1. The van der Waals surface area contributed by atoms with E-state index in [1.165, 1.54) is 0 Å². The Kier molecular flexibility index (Phi) is 7.21.